The van der Waals surface area contributed by atoms with Crippen LogP contribution in [0.4, 0.5) is 0 Å². The lowest BCUT2D eigenvalue weighted by molar-refractivity contribution is 0.340. The van der Waals surface area contributed by atoms with Crippen molar-refractivity contribution in [3.8, 4) is 5.75 Å². The standard InChI is InChI=1S/C15H25NO/c1-3-11-16-12-6-5-8-14-9-7-10-15(13-14)17-4-2/h7,9-10,13,16H,3-6,8,11-12H2,1-2H3. The number of hydrogen-bond donors (Lipinski definition) is 1. The van der Waals surface area contributed by atoms with E-state index in [2.05, 4.69) is 30.4 Å². The van der Waals surface area contributed by atoms with E-state index in [1.807, 2.05) is 13.0 Å². The zero-order valence-electron chi connectivity index (χ0n) is 11.2. The second-order valence-electron chi connectivity index (χ2n) is 4.29. The molecule has 0 aliphatic heterocycles. The lowest BCUT2D eigenvalue weighted by Crippen LogP contribution is -2.15. The van der Waals surface area contributed by atoms with Crippen molar-refractivity contribution in [3.05, 3.63) is 29.8 Å². The Morgan fingerprint density at radius 2 is 2.00 bits per heavy atom. The molecule has 0 fully saturated rings. The van der Waals surface area contributed by atoms with Crippen molar-refractivity contribution in [2.45, 2.75) is 39.5 Å². The molecule has 0 bridgehead atoms. The molecule has 1 rings (SSSR count). The summed E-state index contributed by atoms with van der Waals surface area (Å²) in [6.07, 6.45) is 4.86. The van der Waals surface area contributed by atoms with Gasteiger partial charge in [0, 0.05) is 0 Å². The van der Waals surface area contributed by atoms with Crippen LogP contribution in [0.5, 0.6) is 5.75 Å². The molecule has 0 aliphatic rings. The van der Waals surface area contributed by atoms with E-state index in [1.54, 1.807) is 0 Å². The third kappa shape index (κ3) is 6.32. The van der Waals surface area contributed by atoms with E-state index >= 15 is 0 Å². The summed E-state index contributed by atoms with van der Waals surface area (Å²) in [5, 5.41) is 3.43. The third-order valence-corrected chi connectivity index (χ3v) is 2.71. The Labute approximate surface area is 105 Å². The highest BCUT2D eigenvalue weighted by atomic mass is 16.5. The Bertz CT molecular complexity index is 299. The number of nitrogens with one attached hydrogen (secondary N) is 1. The summed E-state index contributed by atoms with van der Waals surface area (Å²) in [6, 6.07) is 8.44. The average Bonchev–Trinajstić information content (AvgIpc) is 2.35. The van der Waals surface area contributed by atoms with Gasteiger partial charge in [0.25, 0.3) is 0 Å². The van der Waals surface area contributed by atoms with Crippen molar-refractivity contribution in [1.29, 1.82) is 0 Å². The summed E-state index contributed by atoms with van der Waals surface area (Å²) in [7, 11) is 0. The highest BCUT2D eigenvalue weighted by molar-refractivity contribution is 5.28. The third-order valence-electron chi connectivity index (χ3n) is 2.71. The predicted molar refractivity (Wildman–Crippen MR) is 73.7 cm³/mol. The molecule has 2 heteroatoms. The van der Waals surface area contributed by atoms with Crippen LogP contribution in [0.2, 0.25) is 0 Å². The molecular formula is C15H25NO. The van der Waals surface area contributed by atoms with Gasteiger partial charge in [-0.25, -0.2) is 0 Å². The Morgan fingerprint density at radius 3 is 2.76 bits per heavy atom. The van der Waals surface area contributed by atoms with E-state index < -0.39 is 0 Å². The maximum atomic E-state index is 5.49. The molecule has 17 heavy (non-hydrogen) atoms. The molecule has 1 aromatic rings. The Morgan fingerprint density at radius 1 is 1.12 bits per heavy atom. The summed E-state index contributed by atoms with van der Waals surface area (Å²) >= 11 is 0. The zero-order chi connectivity index (χ0) is 12.3. The highest BCUT2D eigenvalue weighted by Crippen LogP contribution is 2.14. The smallest absolute Gasteiger partial charge is 0.119 e. The first-order valence-electron chi connectivity index (χ1n) is 6.79. The molecule has 0 atom stereocenters. The summed E-state index contributed by atoms with van der Waals surface area (Å²) in [5.74, 6) is 0.995. The largest absolute Gasteiger partial charge is 0.494 e. The lowest BCUT2D eigenvalue weighted by atomic mass is 10.1. The van der Waals surface area contributed by atoms with Crippen LogP contribution in [0.3, 0.4) is 0 Å². The first kappa shape index (κ1) is 14.0. The zero-order valence-corrected chi connectivity index (χ0v) is 11.2. The molecule has 96 valence electrons. The first-order valence-corrected chi connectivity index (χ1v) is 6.79. The van der Waals surface area contributed by atoms with Crippen molar-refractivity contribution < 1.29 is 4.74 Å². The fraction of sp³-hybridized carbons (Fsp3) is 0.600. The van der Waals surface area contributed by atoms with Crippen LogP contribution < -0.4 is 10.1 Å². The number of rotatable bonds is 9. The molecule has 1 N–H and O–H groups in total. The highest BCUT2D eigenvalue weighted by Gasteiger charge is 1.96. The van der Waals surface area contributed by atoms with Gasteiger partial charge in [-0.2, -0.15) is 0 Å². The monoisotopic (exact) mass is 235 g/mol. The fourth-order valence-corrected chi connectivity index (χ4v) is 1.84. The van der Waals surface area contributed by atoms with E-state index in [1.165, 1.54) is 24.8 Å². The van der Waals surface area contributed by atoms with Crippen LogP contribution in [-0.2, 0) is 6.42 Å². The van der Waals surface area contributed by atoms with Gasteiger partial charge in [0.2, 0.25) is 0 Å². The number of unbranched alkanes of at least 4 members (excludes halogenated alkanes) is 1. The number of ether oxygens (including phenoxy) is 1. The summed E-state index contributed by atoms with van der Waals surface area (Å²) in [5.41, 5.74) is 1.38. The molecule has 0 saturated carbocycles. The van der Waals surface area contributed by atoms with Crippen LogP contribution in [0.15, 0.2) is 24.3 Å². The summed E-state index contributed by atoms with van der Waals surface area (Å²) in [4.78, 5) is 0. The molecule has 2 nitrogen and oxygen atoms in total. The van der Waals surface area contributed by atoms with E-state index in [4.69, 9.17) is 4.74 Å². The minimum absolute atomic E-state index is 0.740. The van der Waals surface area contributed by atoms with Gasteiger partial charge in [-0.15, -0.1) is 0 Å². The maximum absolute atomic E-state index is 5.49. The van der Waals surface area contributed by atoms with Gasteiger partial charge >= 0.3 is 0 Å². The molecule has 0 aliphatic carbocycles. The normalized spacial score (nSPS) is 10.5. The van der Waals surface area contributed by atoms with Gasteiger partial charge in [0.15, 0.2) is 0 Å². The molecule has 1 aromatic carbocycles. The van der Waals surface area contributed by atoms with E-state index in [0.29, 0.717) is 0 Å². The Hall–Kier alpha value is -1.02. The topological polar surface area (TPSA) is 21.3 Å². The fourth-order valence-electron chi connectivity index (χ4n) is 1.84. The van der Waals surface area contributed by atoms with Crippen LogP contribution in [0, 0.1) is 0 Å². The van der Waals surface area contributed by atoms with Crippen LogP contribution in [0.25, 0.3) is 0 Å². The Kier molecular flexibility index (Phi) is 7.48. The molecule has 0 heterocycles. The van der Waals surface area contributed by atoms with Gasteiger partial charge in [0.1, 0.15) is 5.75 Å². The summed E-state index contributed by atoms with van der Waals surface area (Å²) < 4.78 is 5.49. The van der Waals surface area contributed by atoms with Crippen LogP contribution in [0.1, 0.15) is 38.7 Å². The van der Waals surface area contributed by atoms with E-state index in [9.17, 15) is 0 Å². The quantitative estimate of drug-likeness (QED) is 0.662. The second kappa shape index (κ2) is 9.06. The lowest BCUT2D eigenvalue weighted by Gasteiger charge is -2.06. The van der Waals surface area contributed by atoms with Crippen LogP contribution >= 0.6 is 0 Å². The second-order valence-corrected chi connectivity index (χ2v) is 4.29. The molecule has 0 amide bonds. The minimum atomic E-state index is 0.740. The molecular weight excluding hydrogens is 210 g/mol. The number of aryl methyl sites for hydroxylation is 1. The predicted octanol–water partition coefficient (Wildman–Crippen LogP) is 3.41. The van der Waals surface area contributed by atoms with Crippen molar-refractivity contribution in [1.82, 2.24) is 5.32 Å². The van der Waals surface area contributed by atoms with Crippen molar-refractivity contribution >= 4 is 0 Å². The number of benzene rings is 1. The number of hydrogen-bond acceptors (Lipinski definition) is 2. The van der Waals surface area contributed by atoms with Crippen molar-refractivity contribution in [3.63, 3.8) is 0 Å². The average molecular weight is 235 g/mol. The molecule has 0 spiro atoms. The van der Waals surface area contributed by atoms with E-state index in [-0.39, 0.29) is 0 Å². The van der Waals surface area contributed by atoms with Crippen LogP contribution in [-0.4, -0.2) is 19.7 Å². The molecule has 0 unspecified atom stereocenters. The first-order chi connectivity index (χ1) is 8.36. The van der Waals surface area contributed by atoms with E-state index in [0.717, 1.165) is 31.9 Å². The maximum Gasteiger partial charge on any atom is 0.119 e. The molecule has 0 aromatic heterocycles. The van der Waals surface area contributed by atoms with Gasteiger partial charge < -0.3 is 10.1 Å². The molecule has 0 radical (unpaired) electrons. The van der Waals surface area contributed by atoms with Gasteiger partial charge in [0.05, 0.1) is 6.61 Å². The van der Waals surface area contributed by atoms with Gasteiger partial charge in [-0.3, -0.25) is 0 Å². The Balaban J connectivity index is 2.19. The minimum Gasteiger partial charge on any atom is -0.494 e. The van der Waals surface area contributed by atoms with Gasteiger partial charge in [-0.1, -0.05) is 19.1 Å². The molecule has 0 saturated heterocycles. The summed E-state index contributed by atoms with van der Waals surface area (Å²) in [6.45, 7) is 7.24. The van der Waals surface area contributed by atoms with Gasteiger partial charge in [-0.05, 0) is 63.4 Å². The van der Waals surface area contributed by atoms with Crippen molar-refractivity contribution in [2.24, 2.45) is 0 Å². The SMILES string of the molecule is CCCNCCCCc1cccc(OCC)c1. The van der Waals surface area contributed by atoms with Crippen molar-refractivity contribution in [2.75, 3.05) is 19.7 Å².